The molecule has 0 spiro atoms. The Morgan fingerprint density at radius 2 is 2.29 bits per heavy atom. The molecule has 110 valence electrons. The molecular formula is C15H14ClFN2O2. The molecule has 0 saturated heterocycles. The lowest BCUT2D eigenvalue weighted by atomic mass is 9.98. The average molecular weight is 309 g/mol. The van der Waals surface area contributed by atoms with Crippen molar-refractivity contribution in [3.05, 3.63) is 33.7 Å². The van der Waals surface area contributed by atoms with Gasteiger partial charge in [-0.15, -0.1) is 0 Å². The van der Waals surface area contributed by atoms with Crippen molar-refractivity contribution >= 4 is 28.5 Å². The first-order chi connectivity index (χ1) is 10.1. The fourth-order valence-electron chi connectivity index (χ4n) is 3.73. The number of aliphatic carboxylic acids is 1. The first-order valence-electron chi connectivity index (χ1n) is 7.05. The van der Waals surface area contributed by atoms with Gasteiger partial charge in [0.05, 0.1) is 10.5 Å². The van der Waals surface area contributed by atoms with Gasteiger partial charge >= 0.3 is 5.97 Å². The highest BCUT2D eigenvalue weighted by Crippen LogP contribution is 2.42. The van der Waals surface area contributed by atoms with E-state index in [0.717, 1.165) is 28.8 Å². The zero-order valence-electron chi connectivity index (χ0n) is 11.2. The molecule has 21 heavy (non-hydrogen) atoms. The maximum atomic E-state index is 14.1. The van der Waals surface area contributed by atoms with E-state index in [1.54, 1.807) is 0 Å². The second-order valence-electron chi connectivity index (χ2n) is 5.67. The molecule has 1 aromatic heterocycles. The highest BCUT2D eigenvalue weighted by molar-refractivity contribution is 6.36. The molecular weight excluding hydrogens is 295 g/mol. The molecule has 4 nitrogen and oxygen atoms in total. The van der Waals surface area contributed by atoms with Gasteiger partial charge in [-0.05, 0) is 36.6 Å². The van der Waals surface area contributed by atoms with Gasteiger partial charge in [-0.3, -0.25) is 4.79 Å². The Bertz CT molecular complexity index is 784. The van der Waals surface area contributed by atoms with Crippen molar-refractivity contribution in [1.82, 2.24) is 9.88 Å². The van der Waals surface area contributed by atoms with Crippen molar-refractivity contribution < 1.29 is 14.3 Å². The molecule has 2 aromatic rings. The monoisotopic (exact) mass is 308 g/mol. The Morgan fingerprint density at radius 1 is 1.48 bits per heavy atom. The van der Waals surface area contributed by atoms with Crippen LogP contribution in [0, 0.1) is 5.82 Å². The summed E-state index contributed by atoms with van der Waals surface area (Å²) in [5.41, 5.74) is 3.55. The predicted molar refractivity (Wildman–Crippen MR) is 77.6 cm³/mol. The van der Waals surface area contributed by atoms with E-state index < -0.39 is 17.7 Å². The molecule has 0 amide bonds. The van der Waals surface area contributed by atoms with Crippen molar-refractivity contribution in [3.63, 3.8) is 0 Å². The molecule has 3 heterocycles. The van der Waals surface area contributed by atoms with Crippen LogP contribution < -0.4 is 5.32 Å². The summed E-state index contributed by atoms with van der Waals surface area (Å²) in [5, 5.41) is 13.5. The minimum Gasteiger partial charge on any atom is -0.481 e. The standard InChI is InChI=1S/C15H14ClFN2O2/c16-12-10(17)5-7-2-4-19-13(7)11(12)8-1-3-18-6-9(14(8)19)15(20)21/h5,9,18H,1-4,6H2,(H,20,21). The topological polar surface area (TPSA) is 54.3 Å². The van der Waals surface area contributed by atoms with Crippen LogP contribution in [0.25, 0.3) is 10.9 Å². The highest BCUT2D eigenvalue weighted by atomic mass is 35.5. The number of carbonyl (C=O) groups is 1. The normalized spacial score (nSPS) is 20.6. The SMILES string of the molecule is O=C(O)C1CNCCc2c1n1c3c(cc(F)c(Cl)c23)CC1. The number of carboxylic acid groups (broad SMARTS) is 1. The van der Waals surface area contributed by atoms with Crippen molar-refractivity contribution in [1.29, 1.82) is 0 Å². The van der Waals surface area contributed by atoms with E-state index in [9.17, 15) is 14.3 Å². The number of nitrogens with one attached hydrogen (secondary N) is 1. The van der Waals surface area contributed by atoms with Crippen LogP contribution in [0.5, 0.6) is 0 Å². The summed E-state index contributed by atoms with van der Waals surface area (Å²) in [6, 6.07) is 1.49. The number of nitrogens with zero attached hydrogens (tertiary/aromatic N) is 1. The summed E-state index contributed by atoms with van der Waals surface area (Å²) in [6.45, 7) is 1.77. The Balaban J connectivity index is 2.13. The quantitative estimate of drug-likeness (QED) is 0.850. The van der Waals surface area contributed by atoms with E-state index >= 15 is 0 Å². The Labute approximate surface area is 125 Å². The highest BCUT2D eigenvalue weighted by Gasteiger charge is 2.34. The van der Waals surface area contributed by atoms with Crippen molar-refractivity contribution in [2.24, 2.45) is 0 Å². The third kappa shape index (κ3) is 1.67. The van der Waals surface area contributed by atoms with Gasteiger partial charge in [0, 0.05) is 24.2 Å². The summed E-state index contributed by atoms with van der Waals surface area (Å²) in [7, 11) is 0. The smallest absolute Gasteiger partial charge is 0.313 e. The summed E-state index contributed by atoms with van der Waals surface area (Å²) in [5.74, 6) is -1.88. The van der Waals surface area contributed by atoms with E-state index in [1.807, 2.05) is 4.57 Å². The molecule has 2 aliphatic rings. The second kappa shape index (κ2) is 4.45. The zero-order chi connectivity index (χ0) is 14.7. The fraction of sp³-hybridized carbons (Fsp3) is 0.400. The molecule has 2 N–H and O–H groups in total. The number of aromatic nitrogens is 1. The number of halogens is 2. The van der Waals surface area contributed by atoms with Crippen LogP contribution in [0.1, 0.15) is 22.7 Å². The summed E-state index contributed by atoms with van der Waals surface area (Å²) in [4.78, 5) is 11.6. The van der Waals surface area contributed by atoms with E-state index in [2.05, 4.69) is 5.32 Å². The van der Waals surface area contributed by atoms with Gasteiger partial charge < -0.3 is 15.0 Å². The number of aryl methyl sites for hydroxylation is 2. The van der Waals surface area contributed by atoms with Crippen molar-refractivity contribution in [2.75, 3.05) is 13.1 Å². The maximum Gasteiger partial charge on any atom is 0.313 e. The predicted octanol–water partition coefficient (Wildman–Crippen LogP) is 2.30. The number of rotatable bonds is 1. The molecule has 6 heteroatoms. The minimum atomic E-state index is -0.852. The van der Waals surface area contributed by atoms with Crippen LogP contribution in [0.15, 0.2) is 6.07 Å². The molecule has 0 fully saturated rings. The molecule has 0 bridgehead atoms. The van der Waals surface area contributed by atoms with E-state index in [0.29, 0.717) is 31.4 Å². The van der Waals surface area contributed by atoms with E-state index in [-0.39, 0.29) is 5.02 Å². The van der Waals surface area contributed by atoms with Gasteiger partial charge in [0.15, 0.2) is 0 Å². The summed E-state index contributed by atoms with van der Waals surface area (Å²) >= 11 is 6.20. The van der Waals surface area contributed by atoms with E-state index in [1.165, 1.54) is 6.07 Å². The van der Waals surface area contributed by atoms with Crippen LogP contribution in [0.4, 0.5) is 4.39 Å². The third-order valence-corrected chi connectivity index (χ3v) is 4.95. The lowest BCUT2D eigenvalue weighted by Gasteiger charge is -2.14. The van der Waals surface area contributed by atoms with Crippen LogP contribution in [0.2, 0.25) is 5.02 Å². The van der Waals surface area contributed by atoms with Gasteiger partial charge in [0.25, 0.3) is 0 Å². The molecule has 4 rings (SSSR count). The molecule has 1 unspecified atom stereocenters. The second-order valence-corrected chi connectivity index (χ2v) is 6.04. The van der Waals surface area contributed by atoms with Crippen LogP contribution in [-0.2, 0) is 24.2 Å². The fourth-order valence-corrected chi connectivity index (χ4v) is 3.99. The lowest BCUT2D eigenvalue weighted by molar-refractivity contribution is -0.138. The summed E-state index contributed by atoms with van der Waals surface area (Å²) in [6.07, 6.45) is 1.40. The molecule has 0 aliphatic carbocycles. The lowest BCUT2D eigenvalue weighted by Crippen LogP contribution is -2.26. The van der Waals surface area contributed by atoms with Crippen LogP contribution >= 0.6 is 11.6 Å². The third-order valence-electron chi connectivity index (χ3n) is 4.58. The van der Waals surface area contributed by atoms with Gasteiger partial charge in [-0.1, -0.05) is 11.6 Å². The molecule has 1 aromatic carbocycles. The molecule has 1 atom stereocenters. The van der Waals surface area contributed by atoms with Crippen LogP contribution in [0.3, 0.4) is 0 Å². The number of carboxylic acids is 1. The Kier molecular flexibility index (Phi) is 2.78. The van der Waals surface area contributed by atoms with Crippen LogP contribution in [-0.4, -0.2) is 28.7 Å². The van der Waals surface area contributed by atoms with E-state index in [4.69, 9.17) is 11.6 Å². The van der Waals surface area contributed by atoms with Gasteiger partial charge in [0.1, 0.15) is 11.7 Å². The van der Waals surface area contributed by atoms with Gasteiger partial charge in [0.2, 0.25) is 0 Å². The number of benzene rings is 1. The van der Waals surface area contributed by atoms with Crippen molar-refractivity contribution in [3.8, 4) is 0 Å². The first-order valence-corrected chi connectivity index (χ1v) is 7.42. The van der Waals surface area contributed by atoms with Gasteiger partial charge in [-0.2, -0.15) is 0 Å². The largest absolute Gasteiger partial charge is 0.481 e. The zero-order valence-corrected chi connectivity index (χ0v) is 12.0. The summed E-state index contributed by atoms with van der Waals surface area (Å²) < 4.78 is 16.1. The molecule has 2 aliphatic heterocycles. The Hall–Kier alpha value is -1.59. The number of fused-ring (bicyclic) bond motifs is 3. The molecule has 0 radical (unpaired) electrons. The average Bonchev–Trinajstić information content (AvgIpc) is 2.89. The first kappa shape index (κ1) is 13.1. The van der Waals surface area contributed by atoms with Crippen molar-refractivity contribution in [2.45, 2.75) is 25.3 Å². The maximum absolute atomic E-state index is 14.1. The molecule has 0 saturated carbocycles. The van der Waals surface area contributed by atoms with Gasteiger partial charge in [-0.25, -0.2) is 4.39 Å². The Morgan fingerprint density at radius 3 is 3.05 bits per heavy atom. The minimum absolute atomic E-state index is 0.122. The number of hydrogen-bond donors (Lipinski definition) is 2. The number of hydrogen-bond acceptors (Lipinski definition) is 2.